The first kappa shape index (κ1) is 13.9. The van der Waals surface area contributed by atoms with Crippen LogP contribution in [0.2, 0.25) is 0 Å². The predicted octanol–water partition coefficient (Wildman–Crippen LogP) is 4.92. The number of anilines is 1. The second kappa shape index (κ2) is 5.35. The van der Waals surface area contributed by atoms with Crippen molar-refractivity contribution in [3.05, 3.63) is 44.7 Å². The van der Waals surface area contributed by atoms with Crippen LogP contribution in [0.5, 0.6) is 0 Å². The van der Waals surface area contributed by atoms with Crippen molar-refractivity contribution in [3.8, 4) is 21.7 Å². The maximum absolute atomic E-state index is 6.19. The van der Waals surface area contributed by atoms with Crippen LogP contribution in [0.3, 0.4) is 0 Å². The lowest BCUT2D eigenvalue weighted by molar-refractivity contribution is 0.782. The summed E-state index contributed by atoms with van der Waals surface area (Å²) in [7, 11) is 1.86. The average molecular weight is 413 g/mol. The molecule has 2 N–H and O–H groups in total. The largest absolute Gasteiger partial charge is 0.383 e. The fraction of sp³-hybridized carbons (Fsp3) is 0.0714. The van der Waals surface area contributed by atoms with Gasteiger partial charge in [-0.1, -0.05) is 37.9 Å². The highest BCUT2D eigenvalue weighted by Gasteiger charge is 2.18. The van der Waals surface area contributed by atoms with Crippen molar-refractivity contribution in [2.45, 2.75) is 0 Å². The van der Waals surface area contributed by atoms with Crippen LogP contribution in [0, 0.1) is 0 Å². The van der Waals surface area contributed by atoms with Crippen LogP contribution in [0.25, 0.3) is 21.7 Å². The van der Waals surface area contributed by atoms with Gasteiger partial charge in [0.05, 0.1) is 5.56 Å². The molecule has 2 aromatic heterocycles. The molecule has 0 bridgehead atoms. The summed E-state index contributed by atoms with van der Waals surface area (Å²) in [5, 5.41) is 6.62. The molecule has 0 radical (unpaired) electrons. The molecule has 0 amide bonds. The van der Waals surface area contributed by atoms with Gasteiger partial charge in [-0.25, -0.2) is 0 Å². The van der Waals surface area contributed by atoms with Crippen molar-refractivity contribution in [1.82, 2.24) is 9.78 Å². The first-order chi connectivity index (χ1) is 9.56. The van der Waals surface area contributed by atoms with Crippen molar-refractivity contribution in [3.63, 3.8) is 0 Å². The smallest absolute Gasteiger partial charge is 0.130 e. The lowest BCUT2D eigenvalue weighted by Gasteiger charge is -2.03. The highest BCUT2D eigenvalue weighted by atomic mass is 79.9. The fourth-order valence-corrected chi connectivity index (χ4v) is 4.17. The molecule has 0 aliphatic carbocycles. The number of hydrogen-bond acceptors (Lipinski definition) is 3. The quantitative estimate of drug-likeness (QED) is 0.648. The van der Waals surface area contributed by atoms with E-state index >= 15 is 0 Å². The van der Waals surface area contributed by atoms with Crippen LogP contribution in [0.4, 0.5) is 5.82 Å². The SMILES string of the molecule is Cn1nc(-c2cc(Br)cc(Br)c2)c(-c2cccs2)c1N. The molecule has 3 nitrogen and oxygen atoms in total. The number of nitrogen functional groups attached to an aromatic ring is 1. The number of benzene rings is 1. The van der Waals surface area contributed by atoms with Crippen LogP contribution in [-0.2, 0) is 7.05 Å². The third-order valence-electron chi connectivity index (χ3n) is 3.00. The molecule has 20 heavy (non-hydrogen) atoms. The summed E-state index contributed by atoms with van der Waals surface area (Å²) < 4.78 is 3.73. The number of thiophene rings is 1. The maximum Gasteiger partial charge on any atom is 0.130 e. The number of halogens is 2. The van der Waals surface area contributed by atoms with E-state index < -0.39 is 0 Å². The molecule has 0 fully saturated rings. The zero-order chi connectivity index (χ0) is 14.3. The van der Waals surface area contributed by atoms with Gasteiger partial charge in [0.2, 0.25) is 0 Å². The number of nitrogens with zero attached hydrogens (tertiary/aromatic N) is 2. The topological polar surface area (TPSA) is 43.8 Å². The van der Waals surface area contributed by atoms with E-state index in [2.05, 4.69) is 43.0 Å². The third-order valence-corrected chi connectivity index (χ3v) is 4.80. The molecular formula is C14H11Br2N3S. The van der Waals surface area contributed by atoms with Gasteiger partial charge >= 0.3 is 0 Å². The monoisotopic (exact) mass is 411 g/mol. The molecule has 0 aliphatic rings. The minimum absolute atomic E-state index is 0.679. The molecule has 0 saturated carbocycles. The Hall–Kier alpha value is -1.11. The number of aromatic nitrogens is 2. The molecule has 3 aromatic rings. The van der Waals surface area contributed by atoms with E-state index in [1.165, 1.54) is 0 Å². The number of rotatable bonds is 2. The van der Waals surface area contributed by atoms with E-state index in [0.717, 1.165) is 30.6 Å². The lowest BCUT2D eigenvalue weighted by atomic mass is 10.1. The number of aryl methyl sites for hydroxylation is 1. The number of hydrogen-bond donors (Lipinski definition) is 1. The van der Waals surface area contributed by atoms with Gasteiger partial charge in [-0.15, -0.1) is 11.3 Å². The zero-order valence-corrected chi connectivity index (χ0v) is 14.6. The van der Waals surface area contributed by atoms with Gasteiger partial charge in [0.25, 0.3) is 0 Å². The Balaban J connectivity index is 2.26. The van der Waals surface area contributed by atoms with Crippen molar-refractivity contribution in [2.24, 2.45) is 7.05 Å². The van der Waals surface area contributed by atoms with Crippen molar-refractivity contribution >= 4 is 49.0 Å². The molecule has 2 heterocycles. The standard InChI is InChI=1S/C14H11Br2N3S/c1-19-14(17)12(11-3-2-4-20-11)13(18-19)8-5-9(15)7-10(16)6-8/h2-7H,17H2,1H3. The van der Waals surface area contributed by atoms with E-state index in [9.17, 15) is 0 Å². The highest BCUT2D eigenvalue weighted by Crippen LogP contribution is 2.39. The van der Waals surface area contributed by atoms with Crippen LogP contribution in [0.15, 0.2) is 44.7 Å². The van der Waals surface area contributed by atoms with Gasteiger partial charge in [-0.2, -0.15) is 5.10 Å². The molecule has 1 aromatic carbocycles. The summed E-state index contributed by atoms with van der Waals surface area (Å²) in [6.45, 7) is 0. The van der Waals surface area contributed by atoms with E-state index in [1.54, 1.807) is 16.0 Å². The summed E-state index contributed by atoms with van der Waals surface area (Å²) in [6.07, 6.45) is 0. The molecule has 6 heteroatoms. The van der Waals surface area contributed by atoms with Crippen LogP contribution < -0.4 is 5.73 Å². The minimum Gasteiger partial charge on any atom is -0.383 e. The summed E-state index contributed by atoms with van der Waals surface area (Å²) in [5.74, 6) is 0.679. The van der Waals surface area contributed by atoms with Crippen molar-refractivity contribution < 1.29 is 0 Å². The molecule has 0 unspecified atom stereocenters. The van der Waals surface area contributed by atoms with Gasteiger partial charge in [0, 0.05) is 26.4 Å². The van der Waals surface area contributed by atoms with E-state index in [-0.39, 0.29) is 0 Å². The average Bonchev–Trinajstić information content (AvgIpc) is 2.98. The zero-order valence-electron chi connectivity index (χ0n) is 10.6. The van der Waals surface area contributed by atoms with Crippen LogP contribution in [0.1, 0.15) is 0 Å². The molecule has 0 atom stereocenters. The Morgan fingerprint density at radius 1 is 1.20 bits per heavy atom. The van der Waals surface area contributed by atoms with E-state index in [4.69, 9.17) is 5.73 Å². The third kappa shape index (κ3) is 2.43. The summed E-state index contributed by atoms with van der Waals surface area (Å²) in [4.78, 5) is 1.13. The summed E-state index contributed by atoms with van der Waals surface area (Å²) in [6, 6.07) is 10.2. The Kier molecular flexibility index (Phi) is 3.70. The molecule has 0 spiro atoms. The normalized spacial score (nSPS) is 10.9. The number of nitrogens with two attached hydrogens (primary N) is 1. The predicted molar refractivity (Wildman–Crippen MR) is 91.8 cm³/mol. The second-order valence-electron chi connectivity index (χ2n) is 4.37. The van der Waals surface area contributed by atoms with Gasteiger partial charge in [0.15, 0.2) is 0 Å². The van der Waals surface area contributed by atoms with Crippen molar-refractivity contribution in [1.29, 1.82) is 0 Å². The Labute approximate surface area is 137 Å². The fourth-order valence-electron chi connectivity index (χ4n) is 2.09. The Bertz CT molecular complexity index is 743. The lowest BCUT2D eigenvalue weighted by Crippen LogP contribution is -1.97. The summed E-state index contributed by atoms with van der Waals surface area (Å²) >= 11 is 8.70. The van der Waals surface area contributed by atoms with E-state index in [1.807, 2.05) is 36.7 Å². The van der Waals surface area contributed by atoms with Gasteiger partial charge < -0.3 is 5.73 Å². The molecule has 3 rings (SSSR count). The Morgan fingerprint density at radius 3 is 2.50 bits per heavy atom. The first-order valence-electron chi connectivity index (χ1n) is 5.89. The molecular weight excluding hydrogens is 402 g/mol. The highest BCUT2D eigenvalue weighted by molar-refractivity contribution is 9.11. The van der Waals surface area contributed by atoms with Gasteiger partial charge in [-0.3, -0.25) is 4.68 Å². The Morgan fingerprint density at radius 2 is 1.90 bits per heavy atom. The van der Waals surface area contributed by atoms with Crippen LogP contribution >= 0.6 is 43.2 Å². The molecule has 102 valence electrons. The van der Waals surface area contributed by atoms with Crippen molar-refractivity contribution in [2.75, 3.05) is 5.73 Å². The van der Waals surface area contributed by atoms with Gasteiger partial charge in [0.1, 0.15) is 11.5 Å². The molecule has 0 aliphatic heterocycles. The second-order valence-corrected chi connectivity index (χ2v) is 7.15. The summed E-state index contributed by atoms with van der Waals surface area (Å²) in [5.41, 5.74) is 9.11. The minimum atomic E-state index is 0.679. The van der Waals surface area contributed by atoms with Crippen LogP contribution in [-0.4, -0.2) is 9.78 Å². The maximum atomic E-state index is 6.19. The van der Waals surface area contributed by atoms with E-state index in [0.29, 0.717) is 5.82 Å². The van der Waals surface area contributed by atoms with Gasteiger partial charge in [-0.05, 0) is 29.6 Å². The molecule has 0 saturated heterocycles. The first-order valence-corrected chi connectivity index (χ1v) is 8.35.